The van der Waals surface area contributed by atoms with E-state index in [0.717, 1.165) is 13.0 Å². The van der Waals surface area contributed by atoms with E-state index in [4.69, 9.17) is 4.43 Å². The summed E-state index contributed by atoms with van der Waals surface area (Å²) in [4.78, 5) is 2.68. The first-order valence-corrected chi connectivity index (χ1v) is 13.4. The molecule has 2 rings (SSSR count). The fraction of sp³-hybridized carbons (Fsp3) is 0.583. The van der Waals surface area contributed by atoms with Gasteiger partial charge in [0.05, 0.1) is 0 Å². The minimum Gasteiger partial charge on any atom is -0.415 e. The quantitative estimate of drug-likeness (QED) is 0.389. The van der Waals surface area contributed by atoms with E-state index in [2.05, 4.69) is 100 Å². The molecule has 1 aromatic carbocycles. The molecule has 1 aliphatic rings. The lowest BCUT2D eigenvalue weighted by molar-refractivity contribution is 0.130. The van der Waals surface area contributed by atoms with Gasteiger partial charge in [-0.15, -0.1) is 0 Å². The van der Waals surface area contributed by atoms with Gasteiger partial charge in [0.1, 0.15) is 0 Å². The van der Waals surface area contributed by atoms with Crippen molar-refractivity contribution in [3.63, 3.8) is 0 Å². The van der Waals surface area contributed by atoms with Gasteiger partial charge in [0.15, 0.2) is 8.32 Å². The van der Waals surface area contributed by atoms with E-state index in [-0.39, 0.29) is 5.04 Å². The Morgan fingerprint density at radius 2 is 1.89 bits per heavy atom. The van der Waals surface area contributed by atoms with Crippen LogP contribution in [-0.2, 0) is 10.8 Å². The second kappa shape index (κ2) is 9.86. The highest BCUT2D eigenvalue weighted by Crippen LogP contribution is 2.37. The SMILES string of the molecule is C/C=C/C=C/[C@H]1CCCN1[C@H](CO[Si](C)(C)C(C)(C)C)Cc1ccccc1. The Morgan fingerprint density at radius 3 is 2.52 bits per heavy atom. The first-order valence-electron chi connectivity index (χ1n) is 10.5. The van der Waals surface area contributed by atoms with Crippen LogP contribution in [-0.4, -0.2) is 38.5 Å². The zero-order valence-electron chi connectivity index (χ0n) is 18.2. The molecule has 27 heavy (non-hydrogen) atoms. The summed E-state index contributed by atoms with van der Waals surface area (Å²) in [5.41, 5.74) is 1.41. The Labute approximate surface area is 168 Å². The predicted molar refractivity (Wildman–Crippen MR) is 121 cm³/mol. The molecular weight excluding hydrogens is 346 g/mol. The van der Waals surface area contributed by atoms with Crippen LogP contribution in [0, 0.1) is 0 Å². The summed E-state index contributed by atoms with van der Waals surface area (Å²) in [6.45, 7) is 15.8. The lowest BCUT2D eigenvalue weighted by atomic mass is 10.0. The number of allylic oxidation sites excluding steroid dienone is 3. The average molecular weight is 386 g/mol. The van der Waals surface area contributed by atoms with Gasteiger partial charge in [-0.3, -0.25) is 4.90 Å². The van der Waals surface area contributed by atoms with Gasteiger partial charge >= 0.3 is 0 Å². The highest BCUT2D eigenvalue weighted by Gasteiger charge is 2.39. The van der Waals surface area contributed by atoms with Crippen molar-refractivity contribution < 1.29 is 4.43 Å². The number of rotatable bonds is 8. The van der Waals surface area contributed by atoms with Crippen molar-refractivity contribution in [3.05, 3.63) is 60.2 Å². The van der Waals surface area contributed by atoms with Crippen LogP contribution in [0.4, 0.5) is 0 Å². The van der Waals surface area contributed by atoms with Crippen LogP contribution in [0.1, 0.15) is 46.1 Å². The van der Waals surface area contributed by atoms with Crippen LogP contribution >= 0.6 is 0 Å². The maximum atomic E-state index is 6.67. The summed E-state index contributed by atoms with van der Waals surface area (Å²) < 4.78 is 6.67. The minimum atomic E-state index is -1.74. The molecule has 1 aliphatic heterocycles. The molecule has 150 valence electrons. The standard InChI is InChI=1S/C24H39NOSi/c1-7-8-10-16-22-17-13-18-25(22)23(19-21-14-11-9-12-15-21)20-26-27(5,6)24(2,3)4/h7-12,14-16,22-23H,13,17-20H2,1-6H3/b8-7+,16-10+/t22-,23-/m0/s1. The van der Waals surface area contributed by atoms with Crippen molar-refractivity contribution in [1.29, 1.82) is 0 Å². The van der Waals surface area contributed by atoms with Crippen LogP contribution in [0.15, 0.2) is 54.6 Å². The second-order valence-electron chi connectivity index (χ2n) is 9.27. The molecule has 0 aromatic heterocycles. The first kappa shape index (κ1) is 22.1. The molecule has 0 unspecified atom stereocenters. The summed E-state index contributed by atoms with van der Waals surface area (Å²) in [5.74, 6) is 0. The van der Waals surface area contributed by atoms with Gasteiger partial charge in [-0.2, -0.15) is 0 Å². The third-order valence-corrected chi connectivity index (χ3v) is 10.7. The number of likely N-dealkylation sites (tertiary alicyclic amines) is 1. The molecule has 1 heterocycles. The van der Waals surface area contributed by atoms with Gasteiger partial charge in [-0.1, -0.05) is 75.4 Å². The molecule has 3 heteroatoms. The van der Waals surface area contributed by atoms with E-state index < -0.39 is 8.32 Å². The number of hydrogen-bond acceptors (Lipinski definition) is 2. The van der Waals surface area contributed by atoms with Gasteiger partial charge < -0.3 is 4.43 Å². The predicted octanol–water partition coefficient (Wildman–Crippen LogP) is 6.22. The summed E-state index contributed by atoms with van der Waals surface area (Å²) in [6.07, 6.45) is 12.4. The summed E-state index contributed by atoms with van der Waals surface area (Å²) in [7, 11) is -1.74. The molecule has 1 saturated heterocycles. The van der Waals surface area contributed by atoms with Crippen LogP contribution in [0.3, 0.4) is 0 Å². The Kier molecular flexibility index (Phi) is 8.08. The number of hydrogen-bond donors (Lipinski definition) is 0. The van der Waals surface area contributed by atoms with Crippen molar-refractivity contribution >= 4 is 8.32 Å². The zero-order chi connectivity index (χ0) is 19.9. The number of benzene rings is 1. The topological polar surface area (TPSA) is 12.5 Å². The fourth-order valence-electron chi connectivity index (χ4n) is 3.46. The average Bonchev–Trinajstić information content (AvgIpc) is 3.07. The second-order valence-corrected chi connectivity index (χ2v) is 14.1. The maximum Gasteiger partial charge on any atom is 0.192 e. The molecule has 2 atom stereocenters. The fourth-order valence-corrected chi connectivity index (χ4v) is 4.50. The van der Waals surface area contributed by atoms with E-state index in [1.54, 1.807) is 0 Å². The monoisotopic (exact) mass is 385 g/mol. The van der Waals surface area contributed by atoms with E-state index in [1.807, 2.05) is 0 Å². The normalized spacial score (nSPS) is 20.7. The van der Waals surface area contributed by atoms with Crippen LogP contribution in [0.25, 0.3) is 0 Å². The van der Waals surface area contributed by atoms with Gasteiger partial charge in [0, 0.05) is 18.7 Å². The molecule has 1 fully saturated rings. The van der Waals surface area contributed by atoms with E-state index in [0.29, 0.717) is 12.1 Å². The van der Waals surface area contributed by atoms with Crippen LogP contribution in [0.2, 0.25) is 18.1 Å². The van der Waals surface area contributed by atoms with Gasteiger partial charge in [0.25, 0.3) is 0 Å². The lowest BCUT2D eigenvalue weighted by Crippen LogP contribution is -2.48. The van der Waals surface area contributed by atoms with Gasteiger partial charge in [0.2, 0.25) is 0 Å². The zero-order valence-corrected chi connectivity index (χ0v) is 19.2. The first-order chi connectivity index (χ1) is 12.7. The van der Waals surface area contributed by atoms with Crippen LogP contribution < -0.4 is 0 Å². The molecule has 2 nitrogen and oxygen atoms in total. The van der Waals surface area contributed by atoms with E-state index in [1.165, 1.54) is 24.9 Å². The minimum absolute atomic E-state index is 0.251. The lowest BCUT2D eigenvalue weighted by Gasteiger charge is -2.39. The van der Waals surface area contributed by atoms with Crippen molar-refractivity contribution in [2.45, 2.75) is 77.2 Å². The van der Waals surface area contributed by atoms with E-state index in [9.17, 15) is 0 Å². The largest absolute Gasteiger partial charge is 0.415 e. The van der Waals surface area contributed by atoms with Crippen molar-refractivity contribution in [2.75, 3.05) is 13.2 Å². The Morgan fingerprint density at radius 1 is 1.19 bits per heavy atom. The van der Waals surface area contributed by atoms with Crippen molar-refractivity contribution in [2.24, 2.45) is 0 Å². The van der Waals surface area contributed by atoms with Crippen molar-refractivity contribution in [1.82, 2.24) is 4.90 Å². The molecule has 0 spiro atoms. The molecule has 0 N–H and O–H groups in total. The summed E-state index contributed by atoms with van der Waals surface area (Å²) >= 11 is 0. The molecule has 0 radical (unpaired) electrons. The van der Waals surface area contributed by atoms with Crippen molar-refractivity contribution in [3.8, 4) is 0 Å². The number of nitrogens with zero attached hydrogens (tertiary/aromatic N) is 1. The Hall–Kier alpha value is -1.16. The molecular formula is C24H39NOSi. The van der Waals surface area contributed by atoms with E-state index >= 15 is 0 Å². The maximum absolute atomic E-state index is 6.67. The summed E-state index contributed by atoms with van der Waals surface area (Å²) in [5, 5.41) is 0.251. The van der Waals surface area contributed by atoms with Gasteiger partial charge in [-0.25, -0.2) is 0 Å². The summed E-state index contributed by atoms with van der Waals surface area (Å²) in [6, 6.07) is 11.9. The highest BCUT2D eigenvalue weighted by molar-refractivity contribution is 6.74. The molecule has 1 aromatic rings. The third-order valence-electron chi connectivity index (χ3n) is 6.20. The molecule has 0 aliphatic carbocycles. The van der Waals surface area contributed by atoms with Crippen LogP contribution in [0.5, 0.6) is 0 Å². The Balaban J connectivity index is 2.16. The van der Waals surface area contributed by atoms with Gasteiger partial charge in [-0.05, 0) is 56.4 Å². The molecule has 0 amide bonds. The molecule has 0 bridgehead atoms. The highest BCUT2D eigenvalue weighted by atomic mass is 28.4. The third kappa shape index (κ3) is 6.44. The Bertz CT molecular complexity index is 615. The molecule has 0 saturated carbocycles. The smallest absolute Gasteiger partial charge is 0.192 e.